The number of rotatable bonds is 6. The summed E-state index contributed by atoms with van der Waals surface area (Å²) in [5.74, 6) is 1.06. The second-order valence-corrected chi connectivity index (χ2v) is 4.84. The molecule has 4 heteroatoms. The molecular weight excluding hydrogens is 266 g/mol. The minimum absolute atomic E-state index is 0.185. The molecular formula is C17H17NO3. The second kappa shape index (κ2) is 6.70. The lowest BCUT2D eigenvalue weighted by Crippen LogP contribution is -2.10. The van der Waals surface area contributed by atoms with Crippen LogP contribution in [0.2, 0.25) is 0 Å². The number of hydrogen-bond acceptors (Lipinski definition) is 3. The van der Waals surface area contributed by atoms with Crippen molar-refractivity contribution in [2.45, 2.75) is 19.8 Å². The molecule has 0 unspecified atom stereocenters. The highest BCUT2D eigenvalue weighted by molar-refractivity contribution is 5.92. The van der Waals surface area contributed by atoms with Crippen LogP contribution < -0.4 is 10.5 Å². The molecule has 0 aliphatic carbocycles. The minimum Gasteiger partial charge on any atom is -0.457 e. The Hall–Kier alpha value is -2.62. The van der Waals surface area contributed by atoms with Gasteiger partial charge in [0.15, 0.2) is 0 Å². The molecule has 4 nitrogen and oxygen atoms in total. The monoisotopic (exact) mass is 283 g/mol. The molecule has 2 N–H and O–H groups in total. The first-order valence-corrected chi connectivity index (χ1v) is 6.71. The van der Waals surface area contributed by atoms with Crippen LogP contribution >= 0.6 is 0 Å². The van der Waals surface area contributed by atoms with Crippen molar-refractivity contribution < 1.29 is 14.3 Å². The summed E-state index contributed by atoms with van der Waals surface area (Å²) in [6.07, 6.45) is 1.29. The van der Waals surface area contributed by atoms with E-state index < -0.39 is 5.91 Å². The van der Waals surface area contributed by atoms with E-state index >= 15 is 0 Å². The maximum Gasteiger partial charge on any atom is 0.248 e. The van der Waals surface area contributed by atoms with Crippen molar-refractivity contribution in [1.82, 2.24) is 0 Å². The van der Waals surface area contributed by atoms with E-state index in [9.17, 15) is 9.59 Å². The van der Waals surface area contributed by atoms with Crippen LogP contribution in [0.5, 0.6) is 11.5 Å². The van der Waals surface area contributed by atoms with E-state index in [0.717, 1.165) is 12.0 Å². The van der Waals surface area contributed by atoms with Crippen LogP contribution in [0, 0.1) is 0 Å². The van der Waals surface area contributed by atoms with Crippen LogP contribution in [0.15, 0.2) is 48.5 Å². The van der Waals surface area contributed by atoms with Gasteiger partial charge in [0.1, 0.15) is 17.3 Å². The Balaban J connectivity index is 1.99. The Kier molecular flexibility index (Phi) is 4.72. The van der Waals surface area contributed by atoms with E-state index in [1.165, 1.54) is 0 Å². The molecule has 0 aromatic heterocycles. The van der Waals surface area contributed by atoms with Gasteiger partial charge in [-0.3, -0.25) is 4.79 Å². The quantitative estimate of drug-likeness (QED) is 0.885. The maximum atomic E-state index is 11.0. The van der Waals surface area contributed by atoms with Gasteiger partial charge in [-0.05, 0) is 55.3 Å². The standard InChI is InChI=1S/C17H17NO3/c1-12(19)2-3-13-4-8-15(9-5-13)21-16-10-6-14(7-11-16)17(18)20/h4-11H,2-3H2,1H3,(H2,18,20). The molecule has 1 amide bonds. The number of ketones is 1. The van der Waals surface area contributed by atoms with Gasteiger partial charge in [0.25, 0.3) is 0 Å². The van der Waals surface area contributed by atoms with Crippen molar-refractivity contribution in [3.05, 3.63) is 59.7 Å². The predicted molar refractivity (Wildman–Crippen MR) is 80.5 cm³/mol. The summed E-state index contributed by atoms with van der Waals surface area (Å²) < 4.78 is 5.67. The number of Topliss-reactive ketones (excluding diaryl/α,β-unsaturated/α-hetero) is 1. The van der Waals surface area contributed by atoms with Crippen LogP contribution in [-0.2, 0) is 11.2 Å². The highest BCUT2D eigenvalue weighted by atomic mass is 16.5. The smallest absolute Gasteiger partial charge is 0.248 e. The molecule has 0 fully saturated rings. The maximum absolute atomic E-state index is 11.0. The summed E-state index contributed by atoms with van der Waals surface area (Å²) in [5.41, 5.74) is 6.72. The number of primary amides is 1. The van der Waals surface area contributed by atoms with Gasteiger partial charge in [-0.1, -0.05) is 12.1 Å². The Morgan fingerprint density at radius 3 is 1.95 bits per heavy atom. The number of hydrogen-bond donors (Lipinski definition) is 1. The summed E-state index contributed by atoms with van der Waals surface area (Å²) >= 11 is 0. The number of benzene rings is 2. The van der Waals surface area contributed by atoms with Gasteiger partial charge in [-0.15, -0.1) is 0 Å². The first kappa shape index (κ1) is 14.8. The Morgan fingerprint density at radius 2 is 1.48 bits per heavy atom. The lowest BCUT2D eigenvalue weighted by atomic mass is 10.1. The molecule has 108 valence electrons. The third-order valence-electron chi connectivity index (χ3n) is 3.06. The summed E-state index contributed by atoms with van der Waals surface area (Å²) in [4.78, 5) is 21.9. The fraction of sp³-hybridized carbons (Fsp3) is 0.176. The molecule has 0 bridgehead atoms. The zero-order valence-electron chi connectivity index (χ0n) is 11.8. The van der Waals surface area contributed by atoms with Crippen LogP contribution in [0.1, 0.15) is 29.3 Å². The van der Waals surface area contributed by atoms with E-state index in [0.29, 0.717) is 23.5 Å². The lowest BCUT2D eigenvalue weighted by Gasteiger charge is -2.07. The molecule has 0 saturated carbocycles. The summed E-state index contributed by atoms with van der Waals surface area (Å²) in [6, 6.07) is 14.2. The topological polar surface area (TPSA) is 69.4 Å². The average Bonchev–Trinajstić information content (AvgIpc) is 2.47. The van der Waals surface area contributed by atoms with Gasteiger partial charge in [0.2, 0.25) is 5.91 Å². The number of amides is 1. The Labute approximate surface area is 123 Å². The van der Waals surface area contributed by atoms with E-state index in [1.807, 2.05) is 24.3 Å². The number of aryl methyl sites for hydroxylation is 1. The van der Waals surface area contributed by atoms with Gasteiger partial charge >= 0.3 is 0 Å². The van der Waals surface area contributed by atoms with E-state index in [2.05, 4.69) is 0 Å². The third-order valence-corrected chi connectivity index (χ3v) is 3.06. The fourth-order valence-corrected chi connectivity index (χ4v) is 1.87. The number of nitrogens with two attached hydrogens (primary N) is 1. The highest BCUT2D eigenvalue weighted by Gasteiger charge is 2.02. The highest BCUT2D eigenvalue weighted by Crippen LogP contribution is 2.22. The molecule has 2 rings (SSSR count). The second-order valence-electron chi connectivity index (χ2n) is 4.84. The average molecular weight is 283 g/mol. The van der Waals surface area contributed by atoms with Crippen molar-refractivity contribution in [2.24, 2.45) is 5.73 Å². The van der Waals surface area contributed by atoms with Crippen molar-refractivity contribution in [2.75, 3.05) is 0 Å². The number of carbonyl (C=O) groups is 2. The largest absolute Gasteiger partial charge is 0.457 e. The molecule has 0 spiro atoms. The summed E-state index contributed by atoms with van der Waals surface area (Å²) in [7, 11) is 0. The van der Waals surface area contributed by atoms with Crippen LogP contribution in [0.3, 0.4) is 0 Å². The third kappa shape index (κ3) is 4.45. The van der Waals surface area contributed by atoms with Crippen molar-refractivity contribution in [3.8, 4) is 11.5 Å². The van der Waals surface area contributed by atoms with E-state index in [-0.39, 0.29) is 5.78 Å². The zero-order valence-corrected chi connectivity index (χ0v) is 11.8. The number of ether oxygens (including phenoxy) is 1. The Bertz CT molecular complexity index is 630. The van der Waals surface area contributed by atoms with Gasteiger partial charge in [0.05, 0.1) is 0 Å². The molecule has 0 aliphatic rings. The molecule has 0 atom stereocenters. The molecule has 2 aromatic carbocycles. The van der Waals surface area contributed by atoms with Crippen molar-refractivity contribution in [3.63, 3.8) is 0 Å². The van der Waals surface area contributed by atoms with Gasteiger partial charge in [0, 0.05) is 12.0 Å². The molecule has 21 heavy (non-hydrogen) atoms. The number of carbonyl (C=O) groups excluding carboxylic acids is 2. The fourth-order valence-electron chi connectivity index (χ4n) is 1.87. The van der Waals surface area contributed by atoms with E-state index in [1.54, 1.807) is 31.2 Å². The summed E-state index contributed by atoms with van der Waals surface area (Å²) in [6.45, 7) is 1.59. The van der Waals surface area contributed by atoms with Gasteiger partial charge in [-0.2, -0.15) is 0 Å². The van der Waals surface area contributed by atoms with Crippen molar-refractivity contribution >= 4 is 11.7 Å². The first-order chi connectivity index (χ1) is 10.0. The first-order valence-electron chi connectivity index (χ1n) is 6.71. The van der Waals surface area contributed by atoms with Crippen molar-refractivity contribution in [1.29, 1.82) is 0 Å². The molecule has 2 aromatic rings. The summed E-state index contributed by atoms with van der Waals surface area (Å²) in [5, 5.41) is 0. The minimum atomic E-state index is -0.462. The van der Waals surface area contributed by atoms with Gasteiger partial charge < -0.3 is 15.3 Å². The molecule has 0 aliphatic heterocycles. The zero-order chi connectivity index (χ0) is 15.2. The Morgan fingerprint density at radius 1 is 0.952 bits per heavy atom. The van der Waals surface area contributed by atoms with Crippen LogP contribution in [0.4, 0.5) is 0 Å². The predicted octanol–water partition coefficient (Wildman–Crippen LogP) is 3.10. The normalized spacial score (nSPS) is 10.1. The molecule has 0 saturated heterocycles. The van der Waals surface area contributed by atoms with Gasteiger partial charge in [-0.25, -0.2) is 0 Å². The molecule has 0 radical (unpaired) electrons. The SMILES string of the molecule is CC(=O)CCc1ccc(Oc2ccc(C(N)=O)cc2)cc1. The van der Waals surface area contributed by atoms with Crippen LogP contribution in [0.25, 0.3) is 0 Å². The lowest BCUT2D eigenvalue weighted by molar-refractivity contribution is -0.116. The van der Waals surface area contributed by atoms with Crippen LogP contribution in [-0.4, -0.2) is 11.7 Å². The van der Waals surface area contributed by atoms with E-state index in [4.69, 9.17) is 10.5 Å². The molecule has 0 heterocycles.